The third kappa shape index (κ3) is 1.61. The molecule has 0 aromatic carbocycles. The van der Waals surface area contributed by atoms with Crippen molar-refractivity contribution in [1.82, 2.24) is 19.7 Å². The lowest BCUT2D eigenvalue weighted by Gasteiger charge is -2.02. The first kappa shape index (κ1) is 9.15. The molecule has 14 heavy (non-hydrogen) atoms. The first-order valence-corrected chi connectivity index (χ1v) is 4.73. The van der Waals surface area contributed by atoms with Crippen LogP contribution in [0.1, 0.15) is 11.5 Å². The molecule has 2 rings (SSSR count). The van der Waals surface area contributed by atoms with E-state index in [4.69, 9.17) is 11.6 Å². The minimum Gasteiger partial charge on any atom is -0.287 e. The van der Waals surface area contributed by atoms with E-state index in [9.17, 15) is 0 Å². The highest BCUT2D eigenvalue weighted by atomic mass is 35.5. The summed E-state index contributed by atoms with van der Waals surface area (Å²) < 4.78 is 1.87. The molecular formula is C9H9ClN4. The Hall–Kier alpha value is -1.42. The summed E-state index contributed by atoms with van der Waals surface area (Å²) in [4.78, 5) is 4.10. The molecule has 72 valence electrons. The normalized spacial score (nSPS) is 10.4. The zero-order chi connectivity index (χ0) is 9.97. The minimum atomic E-state index is 0.385. The molecule has 0 aliphatic rings. The van der Waals surface area contributed by atoms with Crippen molar-refractivity contribution < 1.29 is 0 Å². The predicted octanol–water partition coefficient (Wildman–Crippen LogP) is 1.71. The quantitative estimate of drug-likeness (QED) is 0.706. The number of aromatic nitrogens is 4. The van der Waals surface area contributed by atoms with Gasteiger partial charge in [0.15, 0.2) is 5.82 Å². The molecule has 2 aromatic heterocycles. The number of rotatable bonds is 2. The molecule has 2 heterocycles. The second-order valence-electron chi connectivity index (χ2n) is 2.86. The fourth-order valence-corrected chi connectivity index (χ4v) is 1.32. The SMILES string of the molecule is Cc1nccn1-c1ccc(CCl)nn1. The van der Waals surface area contributed by atoms with Gasteiger partial charge in [0.25, 0.3) is 0 Å². The Morgan fingerprint density at radius 2 is 2.21 bits per heavy atom. The maximum atomic E-state index is 5.61. The molecule has 0 saturated carbocycles. The number of aryl methyl sites for hydroxylation is 1. The van der Waals surface area contributed by atoms with E-state index in [0.29, 0.717) is 5.88 Å². The van der Waals surface area contributed by atoms with Crippen molar-refractivity contribution >= 4 is 11.6 Å². The number of alkyl halides is 1. The van der Waals surface area contributed by atoms with Crippen LogP contribution in [0.3, 0.4) is 0 Å². The first-order valence-electron chi connectivity index (χ1n) is 4.20. The van der Waals surface area contributed by atoms with Gasteiger partial charge < -0.3 is 0 Å². The van der Waals surface area contributed by atoms with Crippen LogP contribution in [0.5, 0.6) is 0 Å². The summed E-state index contributed by atoms with van der Waals surface area (Å²) in [5.41, 5.74) is 0.771. The lowest BCUT2D eigenvalue weighted by molar-refractivity contribution is 0.861. The van der Waals surface area contributed by atoms with E-state index < -0.39 is 0 Å². The van der Waals surface area contributed by atoms with Crippen LogP contribution in [0.25, 0.3) is 5.82 Å². The van der Waals surface area contributed by atoms with Crippen LogP contribution >= 0.6 is 11.6 Å². The summed E-state index contributed by atoms with van der Waals surface area (Å²) >= 11 is 5.61. The van der Waals surface area contributed by atoms with Crippen LogP contribution < -0.4 is 0 Å². The fourth-order valence-electron chi connectivity index (χ4n) is 1.17. The molecule has 0 radical (unpaired) electrons. The second kappa shape index (κ2) is 3.75. The van der Waals surface area contributed by atoms with Gasteiger partial charge in [-0.25, -0.2) is 4.98 Å². The summed E-state index contributed by atoms with van der Waals surface area (Å²) in [7, 11) is 0. The van der Waals surface area contributed by atoms with Gasteiger partial charge in [0, 0.05) is 12.4 Å². The van der Waals surface area contributed by atoms with Crippen LogP contribution in [-0.2, 0) is 5.88 Å². The Morgan fingerprint density at radius 1 is 1.36 bits per heavy atom. The molecule has 0 N–H and O–H groups in total. The van der Waals surface area contributed by atoms with Crippen molar-refractivity contribution in [2.75, 3.05) is 0 Å². The molecule has 2 aromatic rings. The third-order valence-electron chi connectivity index (χ3n) is 1.92. The lowest BCUT2D eigenvalue weighted by atomic mass is 10.4. The van der Waals surface area contributed by atoms with Crippen molar-refractivity contribution in [2.24, 2.45) is 0 Å². The molecule has 0 bridgehead atoms. The molecule has 0 aliphatic carbocycles. The average Bonchev–Trinajstić information content (AvgIpc) is 2.65. The molecule has 0 unspecified atom stereocenters. The summed E-state index contributed by atoms with van der Waals surface area (Å²) in [6.45, 7) is 1.91. The largest absolute Gasteiger partial charge is 0.287 e. The van der Waals surface area contributed by atoms with Crippen molar-refractivity contribution in [2.45, 2.75) is 12.8 Å². The molecule has 0 spiro atoms. The molecule has 0 atom stereocenters. The third-order valence-corrected chi connectivity index (χ3v) is 2.19. The van der Waals surface area contributed by atoms with Crippen LogP contribution in [0, 0.1) is 6.92 Å². The maximum Gasteiger partial charge on any atom is 0.160 e. The summed E-state index contributed by atoms with van der Waals surface area (Å²) in [5.74, 6) is 2.03. The van der Waals surface area contributed by atoms with Gasteiger partial charge in [-0.05, 0) is 19.1 Å². The van der Waals surface area contributed by atoms with Gasteiger partial charge in [0.2, 0.25) is 0 Å². The number of hydrogen-bond donors (Lipinski definition) is 0. The van der Waals surface area contributed by atoms with E-state index in [2.05, 4.69) is 15.2 Å². The molecule has 0 aliphatic heterocycles. The van der Waals surface area contributed by atoms with Gasteiger partial charge in [0.05, 0.1) is 11.6 Å². The van der Waals surface area contributed by atoms with E-state index in [0.717, 1.165) is 17.3 Å². The smallest absolute Gasteiger partial charge is 0.160 e. The van der Waals surface area contributed by atoms with Crippen LogP contribution in [-0.4, -0.2) is 19.7 Å². The van der Waals surface area contributed by atoms with Crippen LogP contribution in [0.15, 0.2) is 24.5 Å². The zero-order valence-electron chi connectivity index (χ0n) is 7.68. The van der Waals surface area contributed by atoms with E-state index in [-0.39, 0.29) is 0 Å². The Bertz CT molecular complexity index is 421. The van der Waals surface area contributed by atoms with Crippen molar-refractivity contribution in [3.05, 3.63) is 36.0 Å². The topological polar surface area (TPSA) is 43.6 Å². The molecular weight excluding hydrogens is 200 g/mol. The summed E-state index contributed by atoms with van der Waals surface area (Å²) in [6, 6.07) is 3.73. The fraction of sp³-hybridized carbons (Fsp3) is 0.222. The standard InChI is InChI=1S/C9H9ClN4/c1-7-11-4-5-14(7)9-3-2-8(6-10)12-13-9/h2-5H,6H2,1H3. The Kier molecular flexibility index (Phi) is 2.45. The highest BCUT2D eigenvalue weighted by Gasteiger charge is 2.01. The second-order valence-corrected chi connectivity index (χ2v) is 3.13. The highest BCUT2D eigenvalue weighted by Crippen LogP contribution is 2.07. The average molecular weight is 209 g/mol. The molecule has 4 nitrogen and oxygen atoms in total. The highest BCUT2D eigenvalue weighted by molar-refractivity contribution is 6.16. The van der Waals surface area contributed by atoms with Gasteiger partial charge in [-0.15, -0.1) is 16.7 Å². The van der Waals surface area contributed by atoms with Crippen molar-refractivity contribution in [3.8, 4) is 5.82 Å². The minimum absolute atomic E-state index is 0.385. The van der Waals surface area contributed by atoms with Gasteiger partial charge in [0.1, 0.15) is 5.82 Å². The van der Waals surface area contributed by atoms with Crippen LogP contribution in [0.2, 0.25) is 0 Å². The Balaban J connectivity index is 2.39. The maximum absolute atomic E-state index is 5.61. The lowest BCUT2D eigenvalue weighted by Crippen LogP contribution is -2.01. The number of halogens is 1. The van der Waals surface area contributed by atoms with E-state index in [1.807, 2.05) is 29.8 Å². The molecule has 0 amide bonds. The van der Waals surface area contributed by atoms with Gasteiger partial charge in [-0.2, -0.15) is 5.10 Å². The number of nitrogens with zero attached hydrogens (tertiary/aromatic N) is 4. The molecule has 5 heteroatoms. The Morgan fingerprint density at radius 3 is 2.71 bits per heavy atom. The van der Waals surface area contributed by atoms with Gasteiger partial charge in [-0.3, -0.25) is 4.57 Å². The van der Waals surface area contributed by atoms with Crippen LogP contribution in [0.4, 0.5) is 0 Å². The molecule has 0 fully saturated rings. The number of hydrogen-bond acceptors (Lipinski definition) is 3. The van der Waals surface area contributed by atoms with Crippen molar-refractivity contribution in [1.29, 1.82) is 0 Å². The number of imidazole rings is 1. The van der Waals surface area contributed by atoms with Gasteiger partial charge in [-0.1, -0.05) is 0 Å². The van der Waals surface area contributed by atoms with E-state index in [1.54, 1.807) is 6.20 Å². The predicted molar refractivity (Wildman–Crippen MR) is 53.4 cm³/mol. The molecule has 0 saturated heterocycles. The summed E-state index contributed by atoms with van der Waals surface area (Å²) in [6.07, 6.45) is 3.58. The van der Waals surface area contributed by atoms with E-state index >= 15 is 0 Å². The Labute approximate surface area is 86.6 Å². The first-order chi connectivity index (χ1) is 6.81. The summed E-state index contributed by atoms with van der Waals surface area (Å²) in [5, 5.41) is 8.01. The zero-order valence-corrected chi connectivity index (χ0v) is 8.44. The monoisotopic (exact) mass is 208 g/mol. The van der Waals surface area contributed by atoms with Crippen molar-refractivity contribution in [3.63, 3.8) is 0 Å². The van der Waals surface area contributed by atoms with E-state index in [1.165, 1.54) is 0 Å². The van der Waals surface area contributed by atoms with Gasteiger partial charge >= 0.3 is 0 Å².